The van der Waals surface area contributed by atoms with E-state index in [1.165, 1.54) is 42.5 Å². The van der Waals surface area contributed by atoms with Crippen molar-refractivity contribution in [3.05, 3.63) is 70.8 Å². The molecule has 2 rings (SSSR count). The summed E-state index contributed by atoms with van der Waals surface area (Å²) in [5, 5.41) is 34.0. The van der Waals surface area contributed by atoms with E-state index in [4.69, 9.17) is 20.4 Å². The summed E-state index contributed by atoms with van der Waals surface area (Å²) in [5.74, 6) is -3.96. The number of aromatic carboxylic acids is 2. The lowest BCUT2D eigenvalue weighted by Gasteiger charge is -1.98. The van der Waals surface area contributed by atoms with Crippen LogP contribution in [-0.4, -0.2) is 44.3 Å². The Hall–Kier alpha value is -3.68. The second-order valence-electron chi connectivity index (χ2n) is 5.15. The van der Waals surface area contributed by atoms with Gasteiger partial charge in [-0.05, 0) is 35.4 Å². The zero-order chi connectivity index (χ0) is 19.7. The Kier molecular flexibility index (Phi) is 7.50. The van der Waals surface area contributed by atoms with Crippen LogP contribution in [0.15, 0.2) is 48.5 Å². The van der Waals surface area contributed by atoms with E-state index in [1.54, 1.807) is 6.07 Å². The van der Waals surface area contributed by atoms with Gasteiger partial charge in [-0.1, -0.05) is 24.3 Å². The highest BCUT2D eigenvalue weighted by molar-refractivity contribution is 5.88. The molecule has 2 aromatic rings. The fourth-order valence-corrected chi connectivity index (χ4v) is 1.93. The van der Waals surface area contributed by atoms with Crippen molar-refractivity contribution in [2.24, 2.45) is 0 Å². The lowest BCUT2D eigenvalue weighted by molar-refractivity contribution is -0.137. The number of carboxylic acid groups (broad SMARTS) is 4. The highest BCUT2D eigenvalue weighted by Crippen LogP contribution is 2.06. The molecule has 8 heteroatoms. The molecule has 0 saturated heterocycles. The molecule has 0 amide bonds. The van der Waals surface area contributed by atoms with Gasteiger partial charge < -0.3 is 20.4 Å². The summed E-state index contributed by atoms with van der Waals surface area (Å²) in [4.78, 5) is 41.5. The number of carbonyl (C=O) groups is 4. The van der Waals surface area contributed by atoms with Gasteiger partial charge in [-0.3, -0.25) is 9.59 Å². The average molecular weight is 360 g/mol. The fourth-order valence-electron chi connectivity index (χ4n) is 1.93. The molecule has 0 unspecified atom stereocenters. The molecule has 0 aliphatic rings. The van der Waals surface area contributed by atoms with Gasteiger partial charge in [0, 0.05) is 0 Å². The summed E-state index contributed by atoms with van der Waals surface area (Å²) < 4.78 is 0. The van der Waals surface area contributed by atoms with Crippen LogP contribution in [0.5, 0.6) is 0 Å². The predicted molar refractivity (Wildman–Crippen MR) is 89.5 cm³/mol. The maximum absolute atomic E-state index is 10.5. The lowest BCUT2D eigenvalue weighted by Crippen LogP contribution is -2.02. The Morgan fingerprint density at radius 3 is 1.58 bits per heavy atom. The highest BCUT2D eigenvalue weighted by Gasteiger charge is 2.05. The third-order valence-corrected chi connectivity index (χ3v) is 3.09. The Balaban J connectivity index is 0.000000260. The minimum absolute atomic E-state index is 0.0834. The van der Waals surface area contributed by atoms with Crippen molar-refractivity contribution < 1.29 is 39.6 Å². The third kappa shape index (κ3) is 7.26. The summed E-state index contributed by atoms with van der Waals surface area (Å²) in [6, 6.07) is 11.7. The molecule has 0 aromatic heterocycles. The smallest absolute Gasteiger partial charge is 0.335 e. The van der Waals surface area contributed by atoms with E-state index in [1.807, 2.05) is 0 Å². The number of hydrogen-bond donors (Lipinski definition) is 4. The van der Waals surface area contributed by atoms with E-state index in [0.29, 0.717) is 11.1 Å². The molecule has 0 atom stereocenters. The van der Waals surface area contributed by atoms with Crippen molar-refractivity contribution in [3.8, 4) is 0 Å². The van der Waals surface area contributed by atoms with E-state index >= 15 is 0 Å². The molecule has 0 radical (unpaired) electrons. The van der Waals surface area contributed by atoms with Crippen molar-refractivity contribution in [3.63, 3.8) is 0 Å². The van der Waals surface area contributed by atoms with Gasteiger partial charge in [0.05, 0.1) is 24.0 Å². The SMILES string of the molecule is O=C(O)Cc1ccc(C(=O)O)cc1.O=C(O)Cc1cccc(C(=O)O)c1. The zero-order valence-corrected chi connectivity index (χ0v) is 13.5. The minimum atomic E-state index is -1.05. The van der Waals surface area contributed by atoms with Crippen molar-refractivity contribution in [2.45, 2.75) is 12.8 Å². The fraction of sp³-hybridized carbons (Fsp3) is 0.111. The third-order valence-electron chi connectivity index (χ3n) is 3.09. The normalized spacial score (nSPS) is 9.54. The van der Waals surface area contributed by atoms with Gasteiger partial charge >= 0.3 is 23.9 Å². The summed E-state index contributed by atoms with van der Waals surface area (Å²) in [5.41, 5.74) is 1.36. The molecule has 0 spiro atoms. The number of hydrogen-bond acceptors (Lipinski definition) is 4. The molecule has 0 fully saturated rings. The van der Waals surface area contributed by atoms with Gasteiger partial charge in [-0.15, -0.1) is 0 Å². The van der Waals surface area contributed by atoms with Crippen molar-refractivity contribution in [1.29, 1.82) is 0 Å². The summed E-state index contributed by atoms with van der Waals surface area (Å²) >= 11 is 0. The van der Waals surface area contributed by atoms with E-state index in [2.05, 4.69) is 0 Å². The Morgan fingerprint density at radius 2 is 1.12 bits per heavy atom. The molecule has 136 valence electrons. The molecular weight excluding hydrogens is 344 g/mol. The molecule has 8 nitrogen and oxygen atoms in total. The van der Waals surface area contributed by atoms with Crippen LogP contribution in [0.25, 0.3) is 0 Å². The molecule has 0 heterocycles. The molecule has 4 N–H and O–H groups in total. The van der Waals surface area contributed by atoms with Crippen LogP contribution in [0.4, 0.5) is 0 Å². The Bertz CT molecular complexity index is 808. The van der Waals surface area contributed by atoms with Crippen LogP contribution in [0, 0.1) is 0 Å². The Labute approximate surface area is 148 Å². The van der Waals surface area contributed by atoms with Crippen LogP contribution >= 0.6 is 0 Å². The number of benzene rings is 2. The van der Waals surface area contributed by atoms with Gasteiger partial charge in [-0.25, -0.2) is 9.59 Å². The van der Waals surface area contributed by atoms with Crippen molar-refractivity contribution in [2.75, 3.05) is 0 Å². The van der Waals surface area contributed by atoms with E-state index < -0.39 is 23.9 Å². The summed E-state index contributed by atoms with van der Waals surface area (Å²) in [6.45, 7) is 0. The first-order valence-corrected chi connectivity index (χ1v) is 7.27. The Morgan fingerprint density at radius 1 is 0.615 bits per heavy atom. The second kappa shape index (κ2) is 9.58. The summed E-state index contributed by atoms with van der Waals surface area (Å²) in [7, 11) is 0. The molecule has 0 aliphatic carbocycles. The van der Waals surface area contributed by atoms with Gasteiger partial charge in [0.1, 0.15) is 0 Å². The van der Waals surface area contributed by atoms with E-state index in [0.717, 1.165) is 0 Å². The number of carboxylic acids is 4. The van der Waals surface area contributed by atoms with Gasteiger partial charge in [0.2, 0.25) is 0 Å². The van der Waals surface area contributed by atoms with Crippen LogP contribution < -0.4 is 0 Å². The zero-order valence-electron chi connectivity index (χ0n) is 13.5. The average Bonchev–Trinajstić information content (AvgIpc) is 2.55. The topological polar surface area (TPSA) is 149 Å². The molecule has 2 aromatic carbocycles. The first-order valence-electron chi connectivity index (χ1n) is 7.27. The second-order valence-corrected chi connectivity index (χ2v) is 5.15. The largest absolute Gasteiger partial charge is 0.481 e. The quantitative estimate of drug-likeness (QED) is 0.611. The first-order chi connectivity index (χ1) is 12.2. The highest BCUT2D eigenvalue weighted by atomic mass is 16.4. The standard InChI is InChI=1S/2C9H8O4/c10-8(11)5-6-1-3-7(4-2-6)9(12)13;10-8(11)5-6-2-1-3-7(4-6)9(12)13/h2*1-4H,5H2,(H,10,11)(H,12,13). The van der Waals surface area contributed by atoms with E-state index in [-0.39, 0.29) is 24.0 Å². The predicted octanol–water partition coefficient (Wildman–Crippen LogP) is 2.02. The van der Waals surface area contributed by atoms with Crippen molar-refractivity contribution >= 4 is 23.9 Å². The minimum Gasteiger partial charge on any atom is -0.481 e. The van der Waals surface area contributed by atoms with Gasteiger partial charge in [0.25, 0.3) is 0 Å². The molecule has 0 aliphatic heterocycles. The van der Waals surface area contributed by atoms with Gasteiger partial charge in [-0.2, -0.15) is 0 Å². The van der Waals surface area contributed by atoms with Crippen LogP contribution in [0.1, 0.15) is 31.8 Å². The monoisotopic (exact) mass is 360 g/mol. The maximum Gasteiger partial charge on any atom is 0.335 e. The molecular formula is C18H16O8. The van der Waals surface area contributed by atoms with Crippen LogP contribution in [-0.2, 0) is 22.4 Å². The molecule has 0 saturated carbocycles. The number of aliphatic carboxylic acids is 2. The van der Waals surface area contributed by atoms with Crippen molar-refractivity contribution in [1.82, 2.24) is 0 Å². The van der Waals surface area contributed by atoms with Gasteiger partial charge in [0.15, 0.2) is 0 Å². The van der Waals surface area contributed by atoms with Crippen LogP contribution in [0.2, 0.25) is 0 Å². The van der Waals surface area contributed by atoms with Crippen LogP contribution in [0.3, 0.4) is 0 Å². The maximum atomic E-state index is 10.5. The van der Waals surface area contributed by atoms with E-state index in [9.17, 15) is 19.2 Å². The molecule has 0 bridgehead atoms. The summed E-state index contributed by atoms with van der Waals surface area (Å²) in [6.07, 6.45) is -0.235. The molecule has 26 heavy (non-hydrogen) atoms. The lowest BCUT2D eigenvalue weighted by atomic mass is 10.1. The first kappa shape index (κ1) is 20.4. The number of rotatable bonds is 6.